The van der Waals surface area contributed by atoms with Crippen LogP contribution in [0.1, 0.15) is 90.9 Å². The average Bonchev–Trinajstić information content (AvgIpc) is 2.36. The molecule has 0 bridgehead atoms. The molecule has 0 aliphatic rings. The summed E-state index contributed by atoms with van der Waals surface area (Å²) < 4.78 is 0. The van der Waals surface area contributed by atoms with E-state index >= 15 is 0 Å². The molecule has 0 saturated carbocycles. The first kappa shape index (κ1) is 17.4. The van der Waals surface area contributed by atoms with Crippen molar-refractivity contribution in [2.75, 3.05) is 5.75 Å². The van der Waals surface area contributed by atoms with Crippen LogP contribution in [-0.2, 0) is 0 Å². The summed E-state index contributed by atoms with van der Waals surface area (Å²) in [6.45, 7) is 4.57. The molecule has 0 fully saturated rings. The van der Waals surface area contributed by atoms with Gasteiger partial charge in [-0.3, -0.25) is 0 Å². The van der Waals surface area contributed by atoms with Gasteiger partial charge in [0.1, 0.15) is 0 Å². The van der Waals surface area contributed by atoms with E-state index in [1.807, 2.05) is 0 Å². The Kier molecular flexibility index (Phi) is 14.7. The Balaban J connectivity index is 3.30. The summed E-state index contributed by atoms with van der Waals surface area (Å²) in [7, 11) is 0. The maximum absolute atomic E-state index is 4.50. The van der Waals surface area contributed by atoms with E-state index in [1.54, 1.807) is 0 Å². The lowest BCUT2D eigenvalue weighted by Crippen LogP contribution is -2.02. The van der Waals surface area contributed by atoms with Crippen molar-refractivity contribution >= 4 is 12.6 Å². The summed E-state index contributed by atoms with van der Waals surface area (Å²) >= 11 is 4.50. The maximum atomic E-state index is 4.50. The molecule has 0 N–H and O–H groups in total. The summed E-state index contributed by atoms with van der Waals surface area (Å²) in [4.78, 5) is 0. The van der Waals surface area contributed by atoms with Crippen molar-refractivity contribution in [3.8, 4) is 0 Å². The van der Waals surface area contributed by atoms with Crippen molar-refractivity contribution in [3.05, 3.63) is 0 Å². The highest BCUT2D eigenvalue weighted by atomic mass is 32.1. The van der Waals surface area contributed by atoms with E-state index < -0.39 is 0 Å². The molecule has 0 aliphatic heterocycles. The van der Waals surface area contributed by atoms with E-state index in [0.717, 1.165) is 11.7 Å². The fraction of sp³-hybridized carbons (Fsp3) is 1.00. The number of hydrogen-bond donors (Lipinski definition) is 1. The molecule has 0 aromatic rings. The second-order valence-corrected chi connectivity index (χ2v) is 5.82. The molecular formula is C16H34S. The Labute approximate surface area is 115 Å². The van der Waals surface area contributed by atoms with Crippen molar-refractivity contribution in [3.63, 3.8) is 0 Å². The molecule has 17 heavy (non-hydrogen) atoms. The minimum Gasteiger partial charge on any atom is -0.179 e. The molecule has 0 atom stereocenters. The van der Waals surface area contributed by atoms with Gasteiger partial charge in [0, 0.05) is 0 Å². The van der Waals surface area contributed by atoms with Gasteiger partial charge in [-0.05, 0) is 24.5 Å². The van der Waals surface area contributed by atoms with Crippen LogP contribution in [0.3, 0.4) is 0 Å². The highest BCUT2D eigenvalue weighted by Crippen LogP contribution is 2.19. The minimum absolute atomic E-state index is 0.890. The summed E-state index contributed by atoms with van der Waals surface area (Å²) in [5, 5.41) is 0. The molecule has 0 radical (unpaired) electrons. The van der Waals surface area contributed by atoms with E-state index in [0.29, 0.717) is 0 Å². The van der Waals surface area contributed by atoms with Crippen molar-refractivity contribution in [2.45, 2.75) is 90.9 Å². The molecule has 1 heteroatoms. The highest BCUT2D eigenvalue weighted by Gasteiger charge is 2.05. The second kappa shape index (κ2) is 14.4. The van der Waals surface area contributed by atoms with Crippen molar-refractivity contribution in [1.29, 1.82) is 0 Å². The van der Waals surface area contributed by atoms with E-state index in [-0.39, 0.29) is 0 Å². The molecule has 0 amide bonds. The van der Waals surface area contributed by atoms with Gasteiger partial charge < -0.3 is 0 Å². The van der Waals surface area contributed by atoms with Gasteiger partial charge in [0.2, 0.25) is 0 Å². The largest absolute Gasteiger partial charge is 0.179 e. The smallest absolute Gasteiger partial charge is 0.00695 e. The summed E-state index contributed by atoms with van der Waals surface area (Å²) in [5.41, 5.74) is 0. The third-order valence-electron chi connectivity index (χ3n) is 3.69. The molecule has 0 saturated heterocycles. The molecule has 104 valence electrons. The molecule has 0 rings (SSSR count). The van der Waals surface area contributed by atoms with Crippen LogP contribution < -0.4 is 0 Å². The van der Waals surface area contributed by atoms with Crippen molar-refractivity contribution in [2.24, 2.45) is 5.92 Å². The van der Waals surface area contributed by atoms with Crippen LogP contribution in [-0.4, -0.2) is 5.75 Å². The first-order valence-corrected chi connectivity index (χ1v) is 8.59. The normalized spacial score (nSPS) is 11.3. The topological polar surface area (TPSA) is 0 Å². The zero-order valence-corrected chi connectivity index (χ0v) is 13.1. The predicted molar refractivity (Wildman–Crippen MR) is 84.1 cm³/mol. The Morgan fingerprint density at radius 3 is 1.41 bits per heavy atom. The molecular weight excluding hydrogens is 224 g/mol. The van der Waals surface area contributed by atoms with Crippen LogP contribution in [0.2, 0.25) is 0 Å². The quantitative estimate of drug-likeness (QED) is 0.293. The first-order valence-electron chi connectivity index (χ1n) is 7.96. The van der Waals surface area contributed by atoms with Gasteiger partial charge in [0.15, 0.2) is 0 Å². The Hall–Kier alpha value is 0.350. The standard InChI is InChI=1S/C16H34S/c1-3-5-7-9-11-13-16(15-17)14-12-10-8-6-4-2/h16-17H,3-15H2,1-2H3. The van der Waals surface area contributed by atoms with E-state index in [4.69, 9.17) is 0 Å². The third kappa shape index (κ3) is 12.6. The lowest BCUT2D eigenvalue weighted by molar-refractivity contribution is 0.440. The summed E-state index contributed by atoms with van der Waals surface area (Å²) in [5.74, 6) is 1.99. The fourth-order valence-electron chi connectivity index (χ4n) is 2.40. The number of hydrogen-bond acceptors (Lipinski definition) is 1. The zero-order valence-electron chi connectivity index (χ0n) is 12.2. The highest BCUT2D eigenvalue weighted by molar-refractivity contribution is 7.80. The van der Waals surface area contributed by atoms with Crippen molar-refractivity contribution < 1.29 is 0 Å². The van der Waals surface area contributed by atoms with Crippen LogP contribution in [0.15, 0.2) is 0 Å². The first-order chi connectivity index (χ1) is 8.35. The van der Waals surface area contributed by atoms with Gasteiger partial charge in [-0.2, -0.15) is 12.6 Å². The Morgan fingerprint density at radius 2 is 1.06 bits per heavy atom. The number of thiol groups is 1. The summed E-state index contributed by atoms with van der Waals surface area (Å²) in [6, 6.07) is 0. The average molecular weight is 259 g/mol. The SMILES string of the molecule is CCCCCCCC(CS)CCCCCCC. The third-order valence-corrected chi connectivity index (χ3v) is 4.21. The Bertz CT molecular complexity index is 119. The van der Waals surface area contributed by atoms with Crippen LogP contribution in [0.4, 0.5) is 0 Å². The van der Waals surface area contributed by atoms with Gasteiger partial charge in [-0.1, -0.05) is 78.1 Å². The lowest BCUT2D eigenvalue weighted by Gasteiger charge is -2.13. The van der Waals surface area contributed by atoms with Crippen molar-refractivity contribution in [1.82, 2.24) is 0 Å². The predicted octanol–water partition coefficient (Wildman–Crippen LogP) is 6.25. The van der Waals surface area contributed by atoms with Gasteiger partial charge in [0.05, 0.1) is 0 Å². The van der Waals surface area contributed by atoms with Gasteiger partial charge in [0.25, 0.3) is 0 Å². The van der Waals surface area contributed by atoms with Gasteiger partial charge >= 0.3 is 0 Å². The molecule has 0 unspecified atom stereocenters. The van der Waals surface area contributed by atoms with Gasteiger partial charge in [-0.15, -0.1) is 0 Å². The molecule has 0 spiro atoms. The monoisotopic (exact) mass is 258 g/mol. The zero-order chi connectivity index (χ0) is 12.8. The molecule has 0 nitrogen and oxygen atoms in total. The Morgan fingerprint density at radius 1 is 0.647 bits per heavy atom. The molecule has 0 aliphatic carbocycles. The van der Waals surface area contributed by atoms with Crippen LogP contribution in [0, 0.1) is 5.92 Å². The maximum Gasteiger partial charge on any atom is -0.00695 e. The molecule has 0 aromatic heterocycles. The molecule has 0 heterocycles. The van der Waals surface area contributed by atoms with E-state index in [9.17, 15) is 0 Å². The minimum atomic E-state index is 0.890. The summed E-state index contributed by atoms with van der Waals surface area (Å²) in [6.07, 6.45) is 17.0. The second-order valence-electron chi connectivity index (χ2n) is 5.45. The molecule has 0 aromatic carbocycles. The van der Waals surface area contributed by atoms with E-state index in [1.165, 1.54) is 77.0 Å². The van der Waals surface area contributed by atoms with Gasteiger partial charge in [-0.25, -0.2) is 0 Å². The van der Waals surface area contributed by atoms with Crippen LogP contribution in [0.25, 0.3) is 0 Å². The lowest BCUT2D eigenvalue weighted by atomic mass is 9.96. The van der Waals surface area contributed by atoms with Crippen LogP contribution >= 0.6 is 12.6 Å². The fourth-order valence-corrected chi connectivity index (χ4v) is 2.77. The van der Waals surface area contributed by atoms with Crippen LogP contribution in [0.5, 0.6) is 0 Å². The number of rotatable bonds is 13. The number of unbranched alkanes of at least 4 members (excludes halogenated alkanes) is 8. The van der Waals surface area contributed by atoms with E-state index in [2.05, 4.69) is 26.5 Å².